The quantitative estimate of drug-likeness (QED) is 0.850. The zero-order valence-electron chi connectivity index (χ0n) is 10.1. The zero-order chi connectivity index (χ0) is 12.5. The van der Waals surface area contributed by atoms with Crippen LogP contribution in [0.4, 0.5) is 5.69 Å². The van der Waals surface area contributed by atoms with E-state index in [0.717, 1.165) is 16.8 Å². The van der Waals surface area contributed by atoms with Crippen LogP contribution in [0.15, 0.2) is 36.7 Å². The minimum atomic E-state index is -0.263. The zero-order valence-corrected chi connectivity index (χ0v) is 10.1. The minimum absolute atomic E-state index is 0.0831. The van der Waals surface area contributed by atoms with Crippen LogP contribution in [0, 0.1) is 0 Å². The summed E-state index contributed by atoms with van der Waals surface area (Å²) >= 11 is 0. The number of anilines is 1. The number of carbonyl (C=O) groups excluding carboxylic acids is 1. The summed E-state index contributed by atoms with van der Waals surface area (Å²) < 4.78 is 0. The van der Waals surface area contributed by atoms with Gasteiger partial charge >= 0.3 is 0 Å². The van der Waals surface area contributed by atoms with Gasteiger partial charge in [-0.2, -0.15) is 5.10 Å². The van der Waals surface area contributed by atoms with Crippen molar-refractivity contribution in [1.29, 1.82) is 0 Å². The fourth-order valence-corrected chi connectivity index (χ4v) is 2.27. The van der Waals surface area contributed by atoms with E-state index in [9.17, 15) is 4.79 Å². The standard InChI is InChI=1S/C13H14N4O/c1-17-11-5-3-2-4-10(11)12(13(17)18)14-6-9-7-15-16-8-9/h2-5,7-8,12,14H,6H2,1H3,(H,15,16). The van der Waals surface area contributed by atoms with Crippen molar-refractivity contribution in [2.45, 2.75) is 12.6 Å². The fraction of sp³-hybridized carbons (Fsp3) is 0.231. The number of fused-ring (bicyclic) bond motifs is 1. The Hall–Kier alpha value is -2.14. The summed E-state index contributed by atoms with van der Waals surface area (Å²) in [6.07, 6.45) is 3.57. The average Bonchev–Trinajstić information content (AvgIpc) is 2.98. The lowest BCUT2D eigenvalue weighted by Crippen LogP contribution is -2.31. The average molecular weight is 242 g/mol. The highest BCUT2D eigenvalue weighted by atomic mass is 16.2. The topological polar surface area (TPSA) is 61.0 Å². The second kappa shape index (κ2) is 4.27. The molecule has 2 aromatic rings. The summed E-state index contributed by atoms with van der Waals surface area (Å²) in [4.78, 5) is 13.9. The van der Waals surface area contributed by atoms with Crippen molar-refractivity contribution in [1.82, 2.24) is 15.5 Å². The molecule has 1 unspecified atom stereocenters. The van der Waals surface area contributed by atoms with E-state index in [-0.39, 0.29) is 11.9 Å². The van der Waals surface area contributed by atoms with E-state index in [0.29, 0.717) is 6.54 Å². The van der Waals surface area contributed by atoms with Gasteiger partial charge in [0.25, 0.3) is 0 Å². The van der Waals surface area contributed by atoms with Gasteiger partial charge in [-0.25, -0.2) is 0 Å². The van der Waals surface area contributed by atoms with Gasteiger partial charge in [0, 0.05) is 36.6 Å². The van der Waals surface area contributed by atoms with Crippen LogP contribution in [0.25, 0.3) is 0 Å². The Morgan fingerprint density at radius 1 is 1.44 bits per heavy atom. The molecule has 1 aromatic carbocycles. The Morgan fingerprint density at radius 2 is 2.28 bits per heavy atom. The number of nitrogens with zero attached hydrogens (tertiary/aromatic N) is 2. The number of amides is 1. The molecule has 3 rings (SSSR count). The van der Waals surface area contributed by atoms with Crippen molar-refractivity contribution in [2.75, 3.05) is 11.9 Å². The van der Waals surface area contributed by atoms with Crippen LogP contribution in [0.2, 0.25) is 0 Å². The number of H-pyrrole nitrogens is 1. The molecule has 1 aromatic heterocycles. The maximum Gasteiger partial charge on any atom is 0.248 e. The van der Waals surface area contributed by atoms with Crippen LogP contribution in [0.5, 0.6) is 0 Å². The Balaban J connectivity index is 1.82. The second-order valence-electron chi connectivity index (χ2n) is 4.38. The van der Waals surface area contributed by atoms with Gasteiger partial charge in [0.2, 0.25) is 5.91 Å². The summed E-state index contributed by atoms with van der Waals surface area (Å²) in [5, 5.41) is 9.91. The maximum atomic E-state index is 12.2. The van der Waals surface area contributed by atoms with Crippen molar-refractivity contribution >= 4 is 11.6 Å². The van der Waals surface area contributed by atoms with Gasteiger partial charge in [0.15, 0.2) is 0 Å². The van der Waals surface area contributed by atoms with Crippen LogP contribution >= 0.6 is 0 Å². The van der Waals surface area contributed by atoms with Gasteiger partial charge in [-0.05, 0) is 6.07 Å². The van der Waals surface area contributed by atoms with Gasteiger partial charge in [-0.1, -0.05) is 18.2 Å². The number of hydrogen-bond acceptors (Lipinski definition) is 3. The maximum absolute atomic E-state index is 12.2. The lowest BCUT2D eigenvalue weighted by atomic mass is 10.1. The summed E-state index contributed by atoms with van der Waals surface area (Å²) in [6, 6.07) is 7.59. The van der Waals surface area contributed by atoms with Crippen molar-refractivity contribution in [2.24, 2.45) is 0 Å². The third-order valence-electron chi connectivity index (χ3n) is 3.25. The molecule has 92 valence electrons. The molecule has 0 saturated carbocycles. The van der Waals surface area contributed by atoms with Crippen molar-refractivity contribution in [3.05, 3.63) is 47.8 Å². The third-order valence-corrected chi connectivity index (χ3v) is 3.25. The van der Waals surface area contributed by atoms with Gasteiger partial charge < -0.3 is 4.90 Å². The van der Waals surface area contributed by atoms with Gasteiger partial charge in [-0.3, -0.25) is 15.2 Å². The van der Waals surface area contributed by atoms with Crippen LogP contribution < -0.4 is 10.2 Å². The van der Waals surface area contributed by atoms with E-state index < -0.39 is 0 Å². The fourth-order valence-electron chi connectivity index (χ4n) is 2.27. The van der Waals surface area contributed by atoms with Gasteiger partial charge in [0.05, 0.1) is 6.20 Å². The van der Waals surface area contributed by atoms with E-state index in [4.69, 9.17) is 0 Å². The number of aromatic nitrogens is 2. The molecule has 1 amide bonds. The van der Waals surface area contributed by atoms with Crippen LogP contribution in [0.1, 0.15) is 17.2 Å². The van der Waals surface area contributed by atoms with Crippen LogP contribution in [0.3, 0.4) is 0 Å². The Bertz CT molecular complexity index is 564. The number of rotatable bonds is 3. The molecule has 5 nitrogen and oxygen atoms in total. The first-order chi connectivity index (χ1) is 8.77. The number of para-hydroxylation sites is 1. The van der Waals surface area contributed by atoms with E-state index >= 15 is 0 Å². The van der Waals surface area contributed by atoms with Gasteiger partial charge in [-0.15, -0.1) is 0 Å². The number of benzene rings is 1. The highest BCUT2D eigenvalue weighted by Gasteiger charge is 2.34. The number of nitrogens with one attached hydrogen (secondary N) is 2. The predicted molar refractivity (Wildman–Crippen MR) is 68.0 cm³/mol. The number of hydrogen-bond donors (Lipinski definition) is 2. The largest absolute Gasteiger partial charge is 0.313 e. The molecule has 2 heterocycles. The first kappa shape index (κ1) is 11.0. The van der Waals surface area contributed by atoms with E-state index in [1.807, 2.05) is 30.5 Å². The Kier molecular flexibility index (Phi) is 2.60. The van der Waals surface area contributed by atoms with Crippen molar-refractivity contribution in [3.63, 3.8) is 0 Å². The molecule has 0 saturated heterocycles. The molecule has 0 fully saturated rings. The molecular weight excluding hydrogens is 228 g/mol. The predicted octanol–water partition coefficient (Wildman–Crippen LogP) is 1.22. The summed E-state index contributed by atoms with van der Waals surface area (Å²) in [5.41, 5.74) is 3.05. The molecule has 5 heteroatoms. The number of carbonyl (C=O) groups is 1. The van der Waals surface area contributed by atoms with E-state index in [2.05, 4.69) is 15.5 Å². The normalized spacial score (nSPS) is 18.2. The molecule has 1 aliphatic heterocycles. The smallest absolute Gasteiger partial charge is 0.248 e. The highest BCUT2D eigenvalue weighted by Crippen LogP contribution is 2.34. The summed E-state index contributed by atoms with van der Waals surface area (Å²) in [6.45, 7) is 0.620. The summed E-state index contributed by atoms with van der Waals surface area (Å²) in [5.74, 6) is 0.0831. The second-order valence-corrected chi connectivity index (χ2v) is 4.38. The molecule has 18 heavy (non-hydrogen) atoms. The molecule has 0 spiro atoms. The number of aromatic amines is 1. The van der Waals surface area contributed by atoms with Gasteiger partial charge in [0.1, 0.15) is 6.04 Å². The third kappa shape index (κ3) is 1.69. The SMILES string of the molecule is CN1C(=O)C(NCc2cn[nH]c2)c2ccccc21. The van der Waals surface area contributed by atoms with Crippen LogP contribution in [-0.4, -0.2) is 23.2 Å². The molecule has 1 atom stereocenters. The first-order valence-electron chi connectivity index (χ1n) is 5.85. The first-order valence-corrected chi connectivity index (χ1v) is 5.85. The monoisotopic (exact) mass is 242 g/mol. The Labute approximate surface area is 105 Å². The molecular formula is C13H14N4O. The van der Waals surface area contributed by atoms with Crippen molar-refractivity contribution in [3.8, 4) is 0 Å². The summed E-state index contributed by atoms with van der Waals surface area (Å²) in [7, 11) is 1.81. The molecule has 0 bridgehead atoms. The highest BCUT2D eigenvalue weighted by molar-refractivity contribution is 6.04. The van der Waals surface area contributed by atoms with Crippen molar-refractivity contribution < 1.29 is 4.79 Å². The number of likely N-dealkylation sites (N-methyl/N-ethyl adjacent to an activating group) is 1. The molecule has 0 radical (unpaired) electrons. The van der Waals surface area contributed by atoms with Crippen LogP contribution in [-0.2, 0) is 11.3 Å². The Morgan fingerprint density at radius 3 is 3.06 bits per heavy atom. The molecule has 1 aliphatic rings. The minimum Gasteiger partial charge on any atom is -0.313 e. The van der Waals surface area contributed by atoms with E-state index in [1.165, 1.54) is 0 Å². The lowest BCUT2D eigenvalue weighted by Gasteiger charge is -2.12. The van der Waals surface area contributed by atoms with E-state index in [1.54, 1.807) is 18.1 Å². The molecule has 0 aliphatic carbocycles. The lowest BCUT2D eigenvalue weighted by molar-refractivity contribution is -0.119. The molecule has 2 N–H and O–H groups in total.